The van der Waals surface area contributed by atoms with Crippen LogP contribution in [0.1, 0.15) is 29.8 Å². The molecular formula is C12H14N2O2. The largest absolute Gasteiger partial charge is 0.507 e. The van der Waals surface area contributed by atoms with E-state index in [0.29, 0.717) is 17.5 Å². The number of rotatable bonds is 4. The van der Waals surface area contributed by atoms with Crippen LogP contribution in [-0.2, 0) is 0 Å². The average molecular weight is 218 g/mol. The normalized spacial score (nSPS) is 9.56. The zero-order chi connectivity index (χ0) is 12.1. The molecule has 1 N–H and O–H groups in total. The Morgan fingerprint density at radius 3 is 2.50 bits per heavy atom. The maximum Gasteiger partial charge on any atom is 0.153 e. The number of hydrogen-bond donors (Lipinski definition) is 1. The molecule has 0 bridgehead atoms. The number of aromatic hydroxyl groups is 1. The van der Waals surface area contributed by atoms with Crippen LogP contribution in [0.25, 0.3) is 0 Å². The van der Waals surface area contributed by atoms with Gasteiger partial charge in [0.1, 0.15) is 11.8 Å². The molecule has 0 spiro atoms. The molecule has 0 saturated carbocycles. The van der Waals surface area contributed by atoms with Crippen LogP contribution in [0.5, 0.6) is 5.75 Å². The fraction of sp³-hybridized carbons (Fsp3) is 0.333. The van der Waals surface area contributed by atoms with Crippen molar-refractivity contribution in [2.45, 2.75) is 13.8 Å². The van der Waals surface area contributed by atoms with E-state index in [1.54, 1.807) is 0 Å². The topological polar surface area (TPSA) is 64.3 Å². The van der Waals surface area contributed by atoms with Crippen LogP contribution in [0.2, 0.25) is 0 Å². The van der Waals surface area contributed by atoms with E-state index in [-0.39, 0.29) is 11.3 Å². The van der Waals surface area contributed by atoms with E-state index in [4.69, 9.17) is 5.26 Å². The second kappa shape index (κ2) is 5.17. The van der Waals surface area contributed by atoms with E-state index in [1.807, 2.05) is 24.8 Å². The zero-order valence-corrected chi connectivity index (χ0v) is 9.40. The molecule has 0 saturated heterocycles. The summed E-state index contributed by atoms with van der Waals surface area (Å²) in [5, 5.41) is 18.6. The first-order chi connectivity index (χ1) is 7.67. The number of nitriles is 1. The predicted molar refractivity (Wildman–Crippen MR) is 61.8 cm³/mol. The number of carbonyl (C=O) groups is 1. The molecule has 0 fully saturated rings. The van der Waals surface area contributed by atoms with Crippen molar-refractivity contribution in [3.63, 3.8) is 0 Å². The lowest BCUT2D eigenvalue weighted by atomic mass is 10.1. The molecule has 0 atom stereocenters. The van der Waals surface area contributed by atoms with Crippen molar-refractivity contribution in [2.75, 3.05) is 18.0 Å². The van der Waals surface area contributed by atoms with Crippen molar-refractivity contribution in [1.29, 1.82) is 5.26 Å². The van der Waals surface area contributed by atoms with E-state index in [1.165, 1.54) is 12.1 Å². The van der Waals surface area contributed by atoms with E-state index in [9.17, 15) is 9.90 Å². The van der Waals surface area contributed by atoms with Crippen molar-refractivity contribution in [2.24, 2.45) is 0 Å². The molecule has 1 rings (SSSR count). The SMILES string of the molecule is CCN(CC)c1cc(O)c(C=O)cc1C#N. The molecule has 0 aliphatic rings. The molecule has 16 heavy (non-hydrogen) atoms. The molecule has 84 valence electrons. The predicted octanol–water partition coefficient (Wildman–Crippen LogP) is 1.92. The number of phenolic OH excluding ortho intramolecular Hbond substituents is 1. The summed E-state index contributed by atoms with van der Waals surface area (Å²) in [7, 11) is 0. The monoisotopic (exact) mass is 218 g/mol. The van der Waals surface area contributed by atoms with Crippen molar-refractivity contribution in [3.8, 4) is 11.8 Å². The molecule has 0 unspecified atom stereocenters. The van der Waals surface area contributed by atoms with Crippen LogP contribution < -0.4 is 4.90 Å². The highest BCUT2D eigenvalue weighted by Crippen LogP contribution is 2.27. The quantitative estimate of drug-likeness (QED) is 0.784. The lowest BCUT2D eigenvalue weighted by molar-refractivity contribution is 0.112. The fourth-order valence-electron chi connectivity index (χ4n) is 1.60. The maximum absolute atomic E-state index is 10.6. The van der Waals surface area contributed by atoms with Crippen LogP contribution in [-0.4, -0.2) is 24.5 Å². The van der Waals surface area contributed by atoms with Gasteiger partial charge in [-0.25, -0.2) is 0 Å². The van der Waals surface area contributed by atoms with Gasteiger partial charge in [0, 0.05) is 19.2 Å². The first kappa shape index (κ1) is 12.1. The first-order valence-electron chi connectivity index (χ1n) is 5.15. The standard InChI is InChI=1S/C12H14N2O2/c1-3-14(4-2)11-6-12(16)10(8-15)5-9(11)7-13/h5-6,8,16H,3-4H2,1-2H3. The summed E-state index contributed by atoms with van der Waals surface area (Å²) in [6.07, 6.45) is 0.544. The van der Waals surface area contributed by atoms with E-state index in [2.05, 4.69) is 0 Å². The third-order valence-corrected chi connectivity index (χ3v) is 2.50. The summed E-state index contributed by atoms with van der Waals surface area (Å²) >= 11 is 0. The van der Waals surface area contributed by atoms with Crippen molar-refractivity contribution in [3.05, 3.63) is 23.3 Å². The van der Waals surface area contributed by atoms with Crippen LogP contribution in [0, 0.1) is 11.3 Å². The molecule has 0 radical (unpaired) electrons. The Bertz CT molecular complexity index is 431. The molecule has 1 aromatic carbocycles. The summed E-state index contributed by atoms with van der Waals surface area (Å²) < 4.78 is 0. The molecule has 0 amide bonds. The summed E-state index contributed by atoms with van der Waals surface area (Å²) in [4.78, 5) is 12.6. The Kier molecular flexibility index (Phi) is 3.90. The van der Waals surface area contributed by atoms with Gasteiger partial charge in [0.05, 0.1) is 16.8 Å². The Balaban J connectivity index is 3.34. The minimum absolute atomic E-state index is 0.0871. The lowest BCUT2D eigenvalue weighted by Gasteiger charge is -2.22. The Labute approximate surface area is 94.7 Å². The highest BCUT2D eigenvalue weighted by Gasteiger charge is 2.12. The van der Waals surface area contributed by atoms with Gasteiger partial charge in [-0.3, -0.25) is 4.79 Å². The molecular weight excluding hydrogens is 204 g/mol. The van der Waals surface area contributed by atoms with E-state index < -0.39 is 0 Å². The molecule has 4 nitrogen and oxygen atoms in total. The average Bonchev–Trinajstić information content (AvgIpc) is 2.31. The second-order valence-corrected chi connectivity index (χ2v) is 3.33. The first-order valence-corrected chi connectivity index (χ1v) is 5.15. The molecule has 0 aliphatic heterocycles. The van der Waals surface area contributed by atoms with Gasteiger partial charge in [0.25, 0.3) is 0 Å². The molecule has 0 heterocycles. The van der Waals surface area contributed by atoms with Gasteiger partial charge in [-0.15, -0.1) is 0 Å². The number of nitrogens with zero attached hydrogens (tertiary/aromatic N) is 2. The van der Waals surface area contributed by atoms with Gasteiger partial charge >= 0.3 is 0 Å². The number of aldehydes is 1. The van der Waals surface area contributed by atoms with Gasteiger partial charge in [-0.05, 0) is 19.9 Å². The maximum atomic E-state index is 10.6. The summed E-state index contributed by atoms with van der Waals surface area (Å²) in [5.74, 6) is -0.0871. The van der Waals surface area contributed by atoms with E-state index >= 15 is 0 Å². The molecule has 0 aliphatic carbocycles. The van der Waals surface area contributed by atoms with Gasteiger partial charge in [-0.2, -0.15) is 5.26 Å². The molecule has 1 aromatic rings. The van der Waals surface area contributed by atoms with Crippen molar-refractivity contribution in [1.82, 2.24) is 0 Å². The zero-order valence-electron chi connectivity index (χ0n) is 9.40. The second-order valence-electron chi connectivity index (χ2n) is 3.33. The third-order valence-electron chi connectivity index (χ3n) is 2.50. The van der Waals surface area contributed by atoms with Gasteiger partial charge < -0.3 is 10.0 Å². The van der Waals surface area contributed by atoms with Crippen molar-refractivity contribution >= 4 is 12.0 Å². The minimum Gasteiger partial charge on any atom is -0.507 e. The lowest BCUT2D eigenvalue weighted by Crippen LogP contribution is -2.22. The highest BCUT2D eigenvalue weighted by atomic mass is 16.3. The summed E-state index contributed by atoms with van der Waals surface area (Å²) in [6.45, 7) is 5.42. The Hall–Kier alpha value is -2.02. The molecule has 4 heteroatoms. The number of hydrogen-bond acceptors (Lipinski definition) is 4. The third kappa shape index (κ3) is 2.14. The number of phenols is 1. The summed E-state index contributed by atoms with van der Waals surface area (Å²) in [6, 6.07) is 4.92. The van der Waals surface area contributed by atoms with Crippen LogP contribution in [0.3, 0.4) is 0 Å². The smallest absolute Gasteiger partial charge is 0.153 e. The Morgan fingerprint density at radius 1 is 1.44 bits per heavy atom. The Morgan fingerprint density at radius 2 is 2.06 bits per heavy atom. The van der Waals surface area contributed by atoms with Crippen LogP contribution in [0.4, 0.5) is 5.69 Å². The summed E-state index contributed by atoms with van der Waals surface area (Å²) in [5.41, 5.74) is 1.21. The van der Waals surface area contributed by atoms with Gasteiger partial charge in [0.15, 0.2) is 6.29 Å². The van der Waals surface area contributed by atoms with Gasteiger partial charge in [0.2, 0.25) is 0 Å². The minimum atomic E-state index is -0.0871. The van der Waals surface area contributed by atoms with Gasteiger partial charge in [-0.1, -0.05) is 0 Å². The highest BCUT2D eigenvalue weighted by molar-refractivity contribution is 5.82. The van der Waals surface area contributed by atoms with E-state index in [0.717, 1.165) is 13.1 Å². The number of benzene rings is 1. The van der Waals surface area contributed by atoms with Crippen LogP contribution in [0.15, 0.2) is 12.1 Å². The fourth-order valence-corrected chi connectivity index (χ4v) is 1.60. The number of anilines is 1. The van der Waals surface area contributed by atoms with Crippen LogP contribution >= 0.6 is 0 Å². The number of carbonyl (C=O) groups excluding carboxylic acids is 1. The van der Waals surface area contributed by atoms with Crippen molar-refractivity contribution < 1.29 is 9.90 Å². The molecule has 0 aromatic heterocycles.